The van der Waals surface area contributed by atoms with Gasteiger partial charge in [0.2, 0.25) is 0 Å². The Hall–Kier alpha value is -2.82. The summed E-state index contributed by atoms with van der Waals surface area (Å²) in [6, 6.07) is 14.5. The summed E-state index contributed by atoms with van der Waals surface area (Å²) >= 11 is 0. The molecule has 5 nitrogen and oxygen atoms in total. The maximum absolute atomic E-state index is 12.0. The van der Waals surface area contributed by atoms with Gasteiger partial charge in [-0.1, -0.05) is 31.2 Å². The highest BCUT2D eigenvalue weighted by Gasteiger charge is 2.17. The Bertz CT molecular complexity index is 694. The van der Waals surface area contributed by atoms with Crippen molar-refractivity contribution in [3.63, 3.8) is 0 Å². The fourth-order valence-electron chi connectivity index (χ4n) is 2.25. The number of anilines is 1. The van der Waals surface area contributed by atoms with Gasteiger partial charge in [0, 0.05) is 5.69 Å². The topological polar surface area (TPSA) is 67.4 Å². The average Bonchev–Trinajstić information content (AvgIpc) is 2.62. The van der Waals surface area contributed by atoms with Crippen LogP contribution in [0.1, 0.15) is 31.0 Å². The third kappa shape index (κ3) is 4.59. The van der Waals surface area contributed by atoms with Crippen LogP contribution in [-0.2, 0) is 16.0 Å². The van der Waals surface area contributed by atoms with Gasteiger partial charge in [-0.25, -0.2) is 0 Å². The van der Waals surface area contributed by atoms with Crippen LogP contribution < -0.4 is 15.4 Å². The average molecular weight is 326 g/mol. The molecule has 1 atom stereocenters. The predicted molar refractivity (Wildman–Crippen MR) is 94.0 cm³/mol. The Morgan fingerprint density at radius 2 is 1.62 bits per heavy atom. The molecular formula is C19H22N2O3. The molecular weight excluding hydrogens is 304 g/mol. The number of hydrogen-bond acceptors (Lipinski definition) is 3. The van der Waals surface area contributed by atoms with Crippen LogP contribution in [0, 0.1) is 0 Å². The van der Waals surface area contributed by atoms with Crippen molar-refractivity contribution in [3.8, 4) is 5.75 Å². The van der Waals surface area contributed by atoms with E-state index in [1.807, 2.05) is 31.2 Å². The summed E-state index contributed by atoms with van der Waals surface area (Å²) in [5.41, 5.74) is 2.73. The van der Waals surface area contributed by atoms with E-state index in [0.29, 0.717) is 11.4 Å². The van der Waals surface area contributed by atoms with Gasteiger partial charge in [0.1, 0.15) is 5.75 Å². The zero-order valence-corrected chi connectivity index (χ0v) is 14.1. The molecule has 126 valence electrons. The standard InChI is InChI=1S/C19H22N2O3/c1-4-14-5-7-15(8-6-14)13(2)20-18(22)19(23)21-16-9-11-17(24-3)12-10-16/h5-13H,4H2,1-3H3,(H,20,22)(H,21,23). The first kappa shape index (κ1) is 17.5. The lowest BCUT2D eigenvalue weighted by molar-refractivity contribution is -0.136. The molecule has 5 heteroatoms. The molecule has 0 heterocycles. The maximum Gasteiger partial charge on any atom is 0.313 e. The Kier molecular flexibility index (Phi) is 5.95. The monoisotopic (exact) mass is 326 g/mol. The Morgan fingerprint density at radius 1 is 1.00 bits per heavy atom. The van der Waals surface area contributed by atoms with Crippen LogP contribution in [0.5, 0.6) is 5.75 Å². The van der Waals surface area contributed by atoms with Crippen molar-refractivity contribution in [2.24, 2.45) is 0 Å². The van der Waals surface area contributed by atoms with E-state index >= 15 is 0 Å². The van der Waals surface area contributed by atoms with E-state index in [1.54, 1.807) is 31.4 Å². The fourth-order valence-corrected chi connectivity index (χ4v) is 2.25. The van der Waals surface area contributed by atoms with E-state index in [9.17, 15) is 9.59 Å². The Balaban J connectivity index is 1.93. The van der Waals surface area contributed by atoms with Crippen molar-refractivity contribution in [1.82, 2.24) is 5.32 Å². The minimum absolute atomic E-state index is 0.245. The van der Waals surface area contributed by atoms with Crippen molar-refractivity contribution in [1.29, 1.82) is 0 Å². The number of rotatable bonds is 5. The van der Waals surface area contributed by atoms with Crippen molar-refractivity contribution in [2.45, 2.75) is 26.3 Å². The number of benzene rings is 2. The number of methoxy groups -OCH3 is 1. The molecule has 2 amide bonds. The highest BCUT2D eigenvalue weighted by atomic mass is 16.5. The largest absolute Gasteiger partial charge is 0.497 e. The van der Waals surface area contributed by atoms with Gasteiger partial charge in [0.15, 0.2) is 0 Å². The number of aryl methyl sites for hydroxylation is 1. The molecule has 0 aliphatic carbocycles. The van der Waals surface area contributed by atoms with Gasteiger partial charge < -0.3 is 15.4 Å². The first-order valence-corrected chi connectivity index (χ1v) is 7.88. The number of hydrogen-bond donors (Lipinski definition) is 2. The van der Waals surface area contributed by atoms with Crippen LogP contribution in [0.4, 0.5) is 5.69 Å². The molecule has 2 rings (SSSR count). The van der Waals surface area contributed by atoms with Gasteiger partial charge in [0.25, 0.3) is 0 Å². The van der Waals surface area contributed by atoms with E-state index in [2.05, 4.69) is 17.6 Å². The smallest absolute Gasteiger partial charge is 0.313 e. The zero-order valence-electron chi connectivity index (χ0n) is 14.1. The molecule has 0 aromatic heterocycles. The van der Waals surface area contributed by atoms with E-state index in [4.69, 9.17) is 4.74 Å². The summed E-state index contributed by atoms with van der Waals surface area (Å²) in [5, 5.41) is 5.26. The molecule has 0 saturated carbocycles. The van der Waals surface area contributed by atoms with Crippen LogP contribution in [0.15, 0.2) is 48.5 Å². The van der Waals surface area contributed by atoms with E-state index in [-0.39, 0.29) is 6.04 Å². The minimum Gasteiger partial charge on any atom is -0.497 e. The lowest BCUT2D eigenvalue weighted by Gasteiger charge is -2.14. The number of ether oxygens (including phenoxy) is 1. The number of amides is 2. The van der Waals surface area contributed by atoms with Crippen molar-refractivity contribution >= 4 is 17.5 Å². The Labute approximate surface area is 142 Å². The summed E-state index contributed by atoms with van der Waals surface area (Å²) in [6.45, 7) is 3.93. The second kappa shape index (κ2) is 8.15. The molecule has 2 aromatic rings. The first-order valence-electron chi connectivity index (χ1n) is 7.88. The first-order chi connectivity index (χ1) is 11.5. The van der Waals surface area contributed by atoms with Gasteiger partial charge in [-0.15, -0.1) is 0 Å². The summed E-state index contributed by atoms with van der Waals surface area (Å²) in [7, 11) is 1.56. The summed E-state index contributed by atoms with van der Waals surface area (Å²) in [4.78, 5) is 24.0. The quantitative estimate of drug-likeness (QED) is 0.830. The summed E-state index contributed by atoms with van der Waals surface area (Å²) in [5.74, 6) is -0.684. The van der Waals surface area contributed by atoms with Gasteiger partial charge in [-0.05, 0) is 48.7 Å². The van der Waals surface area contributed by atoms with Gasteiger partial charge in [-0.3, -0.25) is 9.59 Å². The molecule has 0 fully saturated rings. The number of nitrogens with one attached hydrogen (secondary N) is 2. The number of carbonyl (C=O) groups excluding carboxylic acids is 2. The van der Waals surface area contributed by atoms with E-state index in [1.165, 1.54) is 5.56 Å². The van der Waals surface area contributed by atoms with Crippen molar-refractivity contribution in [2.75, 3.05) is 12.4 Å². The van der Waals surface area contributed by atoms with Crippen LogP contribution in [-0.4, -0.2) is 18.9 Å². The molecule has 0 spiro atoms. The van der Waals surface area contributed by atoms with E-state index < -0.39 is 11.8 Å². The zero-order chi connectivity index (χ0) is 17.5. The highest BCUT2D eigenvalue weighted by molar-refractivity contribution is 6.39. The lowest BCUT2D eigenvalue weighted by Crippen LogP contribution is -2.36. The van der Waals surface area contributed by atoms with Gasteiger partial charge in [-0.2, -0.15) is 0 Å². The molecule has 0 aliphatic heterocycles. The van der Waals surface area contributed by atoms with Gasteiger partial charge >= 0.3 is 11.8 Å². The minimum atomic E-state index is -0.697. The summed E-state index contributed by atoms with van der Waals surface area (Å²) < 4.78 is 5.05. The maximum atomic E-state index is 12.0. The van der Waals surface area contributed by atoms with Crippen molar-refractivity contribution in [3.05, 3.63) is 59.7 Å². The molecule has 2 aromatic carbocycles. The second-order valence-corrected chi connectivity index (χ2v) is 5.47. The third-order valence-corrected chi connectivity index (χ3v) is 3.79. The molecule has 2 N–H and O–H groups in total. The number of carbonyl (C=O) groups is 2. The fraction of sp³-hybridized carbons (Fsp3) is 0.263. The van der Waals surface area contributed by atoms with Crippen LogP contribution in [0.25, 0.3) is 0 Å². The van der Waals surface area contributed by atoms with Crippen LogP contribution in [0.2, 0.25) is 0 Å². The van der Waals surface area contributed by atoms with Crippen LogP contribution in [0.3, 0.4) is 0 Å². The Morgan fingerprint density at radius 3 is 2.17 bits per heavy atom. The predicted octanol–water partition coefficient (Wildman–Crippen LogP) is 3.07. The lowest BCUT2D eigenvalue weighted by atomic mass is 10.1. The van der Waals surface area contributed by atoms with Crippen molar-refractivity contribution < 1.29 is 14.3 Å². The van der Waals surface area contributed by atoms with Gasteiger partial charge in [0.05, 0.1) is 13.2 Å². The molecule has 0 aliphatic rings. The molecule has 0 bridgehead atoms. The molecule has 0 saturated heterocycles. The second-order valence-electron chi connectivity index (χ2n) is 5.47. The highest BCUT2D eigenvalue weighted by Crippen LogP contribution is 2.16. The van der Waals surface area contributed by atoms with E-state index in [0.717, 1.165) is 12.0 Å². The SMILES string of the molecule is CCc1ccc(C(C)NC(=O)C(=O)Nc2ccc(OC)cc2)cc1. The van der Waals surface area contributed by atoms with Crippen LogP contribution >= 0.6 is 0 Å². The summed E-state index contributed by atoms with van der Waals surface area (Å²) in [6.07, 6.45) is 0.964. The normalized spacial score (nSPS) is 11.5. The molecule has 0 radical (unpaired) electrons. The molecule has 24 heavy (non-hydrogen) atoms. The third-order valence-electron chi connectivity index (χ3n) is 3.79. The molecule has 1 unspecified atom stereocenters.